The second-order valence-electron chi connectivity index (χ2n) is 4.69. The summed E-state index contributed by atoms with van der Waals surface area (Å²) in [5.41, 5.74) is 1.43. The van der Waals surface area contributed by atoms with Crippen LogP contribution in [0.5, 0.6) is 0 Å². The molecule has 1 aliphatic rings. The van der Waals surface area contributed by atoms with E-state index in [0.717, 1.165) is 24.8 Å². The molecule has 2 rings (SSSR count). The highest BCUT2D eigenvalue weighted by Gasteiger charge is 2.44. The van der Waals surface area contributed by atoms with Crippen LogP contribution in [0.2, 0.25) is 0 Å². The minimum Gasteiger partial charge on any atom is -0.464 e. The number of fused-ring (bicyclic) bond motifs is 1. The molecule has 1 atom stereocenters. The third-order valence-electron chi connectivity index (χ3n) is 3.59. The Hall–Kier alpha value is -1.79. The normalized spacial score (nSPS) is 21.3. The van der Waals surface area contributed by atoms with Crippen LogP contribution in [-0.2, 0) is 21.5 Å². The molecule has 1 aliphatic carbocycles. The first-order valence-corrected chi connectivity index (χ1v) is 6.68. The van der Waals surface area contributed by atoms with Crippen molar-refractivity contribution in [1.29, 1.82) is 0 Å². The Balaban J connectivity index is 2.44. The van der Waals surface area contributed by atoms with Gasteiger partial charge in [0.05, 0.1) is 13.2 Å². The first kappa shape index (κ1) is 13.6. The number of terminal acetylenes is 1. The summed E-state index contributed by atoms with van der Waals surface area (Å²) in [4.78, 5) is 12.4. The van der Waals surface area contributed by atoms with Gasteiger partial charge >= 0.3 is 5.97 Å². The molecule has 1 unspecified atom stereocenters. The topological polar surface area (TPSA) is 38.3 Å². The van der Waals surface area contributed by atoms with Crippen LogP contribution in [0.1, 0.15) is 30.9 Å². The molecule has 0 amide bonds. The highest BCUT2D eigenvalue weighted by Crippen LogP contribution is 2.36. The van der Waals surface area contributed by atoms with Crippen LogP contribution in [0.15, 0.2) is 24.3 Å². The predicted molar refractivity (Wildman–Crippen MR) is 74.5 cm³/mol. The molecule has 1 aromatic rings. The summed E-state index contributed by atoms with van der Waals surface area (Å²) in [5, 5.41) is 3.21. The molecule has 0 saturated heterocycles. The maximum atomic E-state index is 12.4. The summed E-state index contributed by atoms with van der Waals surface area (Å²) in [7, 11) is 0. The molecule has 0 aliphatic heterocycles. The van der Waals surface area contributed by atoms with Gasteiger partial charge in [-0.2, -0.15) is 0 Å². The van der Waals surface area contributed by atoms with Crippen LogP contribution < -0.4 is 5.32 Å². The molecule has 0 heterocycles. The monoisotopic (exact) mass is 257 g/mol. The molecule has 0 bridgehead atoms. The van der Waals surface area contributed by atoms with Crippen molar-refractivity contribution < 1.29 is 9.53 Å². The van der Waals surface area contributed by atoms with E-state index in [1.54, 1.807) is 0 Å². The Morgan fingerprint density at radius 1 is 1.53 bits per heavy atom. The van der Waals surface area contributed by atoms with Gasteiger partial charge in [-0.3, -0.25) is 5.32 Å². The van der Waals surface area contributed by atoms with E-state index >= 15 is 0 Å². The minimum absolute atomic E-state index is 0.225. The predicted octanol–water partition coefficient (Wildman–Crippen LogP) is 2.00. The number of ether oxygens (including phenoxy) is 1. The number of esters is 1. The molecule has 0 aromatic heterocycles. The number of aryl methyl sites for hydroxylation is 1. The summed E-state index contributed by atoms with van der Waals surface area (Å²) in [6.45, 7) is 2.55. The van der Waals surface area contributed by atoms with Crippen molar-refractivity contribution in [2.45, 2.75) is 31.7 Å². The molecule has 0 radical (unpaired) electrons. The average molecular weight is 257 g/mol. The highest BCUT2D eigenvalue weighted by atomic mass is 16.5. The van der Waals surface area contributed by atoms with Crippen LogP contribution in [0, 0.1) is 12.3 Å². The zero-order valence-corrected chi connectivity index (χ0v) is 11.2. The summed E-state index contributed by atoms with van der Waals surface area (Å²) < 4.78 is 5.27. The fourth-order valence-corrected chi connectivity index (χ4v) is 2.76. The van der Waals surface area contributed by atoms with E-state index in [1.807, 2.05) is 25.1 Å². The van der Waals surface area contributed by atoms with Crippen LogP contribution in [0.25, 0.3) is 0 Å². The van der Waals surface area contributed by atoms with Gasteiger partial charge in [0.1, 0.15) is 5.54 Å². The van der Waals surface area contributed by atoms with Crippen LogP contribution in [0.4, 0.5) is 0 Å². The van der Waals surface area contributed by atoms with Crippen molar-refractivity contribution >= 4 is 5.97 Å². The summed E-state index contributed by atoms with van der Waals surface area (Å²) in [6, 6.07) is 8.02. The minimum atomic E-state index is -0.781. The van der Waals surface area contributed by atoms with E-state index in [9.17, 15) is 4.79 Å². The number of benzene rings is 1. The van der Waals surface area contributed by atoms with Crippen molar-refractivity contribution in [2.24, 2.45) is 0 Å². The maximum Gasteiger partial charge on any atom is 0.331 e. The number of rotatable bonds is 4. The number of hydrogen-bond acceptors (Lipinski definition) is 3. The molecule has 100 valence electrons. The number of carbonyl (C=O) groups excluding carboxylic acids is 1. The van der Waals surface area contributed by atoms with Crippen molar-refractivity contribution in [3.8, 4) is 12.3 Å². The van der Waals surface area contributed by atoms with Crippen molar-refractivity contribution in [1.82, 2.24) is 5.32 Å². The van der Waals surface area contributed by atoms with Gasteiger partial charge in [-0.25, -0.2) is 4.79 Å². The molecule has 0 fully saturated rings. The summed E-state index contributed by atoms with van der Waals surface area (Å²) in [6.07, 6.45) is 8.01. The first-order valence-electron chi connectivity index (χ1n) is 6.68. The molecule has 1 aromatic carbocycles. The van der Waals surface area contributed by atoms with Gasteiger partial charge in [0.15, 0.2) is 0 Å². The van der Waals surface area contributed by atoms with E-state index in [2.05, 4.69) is 17.3 Å². The molecule has 19 heavy (non-hydrogen) atoms. The Bertz CT molecular complexity index is 504. The van der Waals surface area contributed by atoms with Gasteiger partial charge in [0.25, 0.3) is 0 Å². The summed E-state index contributed by atoms with van der Waals surface area (Å²) in [5.74, 6) is 2.32. The quantitative estimate of drug-likeness (QED) is 0.662. The SMILES string of the molecule is C#CCNC1(C(=O)OCC)CCCc2ccccc21. The second kappa shape index (κ2) is 5.90. The molecule has 3 heteroatoms. The second-order valence-corrected chi connectivity index (χ2v) is 4.69. The van der Waals surface area contributed by atoms with Crippen molar-refractivity contribution in [3.05, 3.63) is 35.4 Å². The fraction of sp³-hybridized carbons (Fsp3) is 0.438. The Labute approximate surface area is 114 Å². The number of nitrogens with one attached hydrogen (secondary N) is 1. The lowest BCUT2D eigenvalue weighted by atomic mass is 9.76. The zero-order valence-electron chi connectivity index (χ0n) is 11.2. The fourth-order valence-electron chi connectivity index (χ4n) is 2.76. The van der Waals surface area contributed by atoms with E-state index < -0.39 is 5.54 Å². The Morgan fingerprint density at radius 3 is 3.05 bits per heavy atom. The van der Waals surface area contributed by atoms with E-state index in [1.165, 1.54) is 5.56 Å². The summed E-state index contributed by atoms with van der Waals surface area (Å²) >= 11 is 0. The largest absolute Gasteiger partial charge is 0.464 e. The van der Waals surface area contributed by atoms with Crippen molar-refractivity contribution in [3.63, 3.8) is 0 Å². The zero-order chi connectivity index (χ0) is 13.7. The van der Waals surface area contributed by atoms with E-state index in [0.29, 0.717) is 13.2 Å². The van der Waals surface area contributed by atoms with Gasteiger partial charge in [-0.1, -0.05) is 30.2 Å². The molecule has 0 saturated carbocycles. The van der Waals surface area contributed by atoms with Crippen LogP contribution in [-0.4, -0.2) is 19.1 Å². The molecule has 1 N–H and O–H groups in total. The lowest BCUT2D eigenvalue weighted by Gasteiger charge is -2.37. The van der Waals surface area contributed by atoms with Gasteiger partial charge < -0.3 is 4.74 Å². The third-order valence-corrected chi connectivity index (χ3v) is 3.59. The lowest BCUT2D eigenvalue weighted by Crippen LogP contribution is -2.52. The Kier molecular flexibility index (Phi) is 4.24. The van der Waals surface area contributed by atoms with Crippen LogP contribution in [0.3, 0.4) is 0 Å². The first-order chi connectivity index (χ1) is 9.24. The van der Waals surface area contributed by atoms with Crippen LogP contribution >= 0.6 is 0 Å². The highest BCUT2D eigenvalue weighted by molar-refractivity contribution is 5.83. The lowest BCUT2D eigenvalue weighted by molar-refractivity contribution is -0.152. The molecule has 0 spiro atoms. The standard InChI is InChI=1S/C16H19NO2/c1-3-12-17-16(15(18)19-4-2)11-7-9-13-8-5-6-10-14(13)16/h1,5-6,8,10,17H,4,7,9,11-12H2,2H3. The Morgan fingerprint density at radius 2 is 2.32 bits per heavy atom. The van der Waals surface area contributed by atoms with E-state index in [-0.39, 0.29) is 5.97 Å². The van der Waals surface area contributed by atoms with Crippen molar-refractivity contribution in [2.75, 3.05) is 13.2 Å². The number of hydrogen-bond donors (Lipinski definition) is 1. The molecular weight excluding hydrogens is 238 g/mol. The van der Waals surface area contributed by atoms with Gasteiger partial charge in [0, 0.05) is 0 Å². The van der Waals surface area contributed by atoms with Gasteiger partial charge in [-0.15, -0.1) is 6.42 Å². The van der Waals surface area contributed by atoms with Gasteiger partial charge in [-0.05, 0) is 37.3 Å². The van der Waals surface area contributed by atoms with Gasteiger partial charge in [0.2, 0.25) is 0 Å². The van der Waals surface area contributed by atoms with E-state index in [4.69, 9.17) is 11.2 Å². The third kappa shape index (κ3) is 2.50. The smallest absolute Gasteiger partial charge is 0.331 e. The molecular formula is C16H19NO2. The number of carbonyl (C=O) groups is 1. The molecule has 3 nitrogen and oxygen atoms in total. The average Bonchev–Trinajstić information content (AvgIpc) is 2.45. The maximum absolute atomic E-state index is 12.4.